The van der Waals surface area contributed by atoms with E-state index in [-0.39, 0.29) is 24.3 Å². The molecule has 0 aliphatic rings. The quantitative estimate of drug-likeness (QED) is 0.149. The highest BCUT2D eigenvalue weighted by Gasteiger charge is 2.14. The summed E-state index contributed by atoms with van der Waals surface area (Å²) in [5.41, 5.74) is 20.2. The maximum Gasteiger partial charge on any atom is 0.321 e. The summed E-state index contributed by atoms with van der Waals surface area (Å²) < 4.78 is 0. The van der Waals surface area contributed by atoms with Gasteiger partial charge in [0.25, 0.3) is 0 Å². The van der Waals surface area contributed by atoms with Crippen molar-refractivity contribution in [3.05, 3.63) is 0 Å². The van der Waals surface area contributed by atoms with Gasteiger partial charge in [-0.25, -0.2) is 0 Å². The Labute approximate surface area is 145 Å². The molecule has 13 heteroatoms. The Bertz CT molecular complexity index is 417. The third-order valence-electron chi connectivity index (χ3n) is 2.23. The first-order valence-electron chi connectivity index (χ1n) is 6.46. The van der Waals surface area contributed by atoms with Crippen LogP contribution in [0.5, 0.6) is 0 Å². The summed E-state index contributed by atoms with van der Waals surface area (Å²) in [6, 6.07) is -2.82. The van der Waals surface area contributed by atoms with Crippen LogP contribution in [0.4, 0.5) is 0 Å². The van der Waals surface area contributed by atoms with E-state index in [4.69, 9.17) is 38.3 Å². The molecule has 0 saturated carbocycles. The Morgan fingerprint density at radius 1 is 0.750 bits per heavy atom. The average Bonchev–Trinajstić information content (AvgIpc) is 2.48. The first-order chi connectivity index (χ1) is 11.0. The van der Waals surface area contributed by atoms with Gasteiger partial charge in [0, 0.05) is 17.9 Å². The normalized spacial score (nSPS) is 13.8. The first-order valence-corrected chi connectivity index (χ1v) is 8.95. The molecule has 0 rings (SSSR count). The number of carboxylic acids is 3. The number of carbonyl (C=O) groups excluding carboxylic acids is 1. The zero-order valence-electron chi connectivity index (χ0n) is 12.7. The van der Waals surface area contributed by atoms with Gasteiger partial charge in [-0.05, 0) is 6.42 Å². The summed E-state index contributed by atoms with van der Waals surface area (Å²) in [6.45, 7) is 0. The van der Waals surface area contributed by atoms with E-state index in [9.17, 15) is 19.2 Å². The van der Waals surface area contributed by atoms with E-state index < -0.39 is 41.9 Å². The number of hydrogen-bond donors (Lipinski definition) is 7. The predicted octanol–water partition coefficient (Wildman–Crippen LogP) is -2.14. The lowest BCUT2D eigenvalue weighted by atomic mass is 10.2. The summed E-state index contributed by atoms with van der Waals surface area (Å²) in [4.78, 5) is 40.7. The third-order valence-corrected chi connectivity index (χ3v) is 4.71. The van der Waals surface area contributed by atoms with Crippen molar-refractivity contribution in [3.63, 3.8) is 0 Å². The SMILES string of the molecule is NC(=O)CC[C@H](N)C(=O)O.N[C@@H](CSSC[C@H](N)C(=O)O)C(=O)O. The Kier molecular flexibility index (Phi) is 14.3. The molecule has 0 saturated heterocycles. The van der Waals surface area contributed by atoms with Gasteiger partial charge in [0.1, 0.15) is 18.1 Å². The molecule has 11 nitrogen and oxygen atoms in total. The minimum atomic E-state index is -1.11. The molecule has 24 heavy (non-hydrogen) atoms. The van der Waals surface area contributed by atoms with Crippen molar-refractivity contribution in [2.75, 3.05) is 11.5 Å². The monoisotopic (exact) mass is 386 g/mol. The van der Waals surface area contributed by atoms with Crippen molar-refractivity contribution in [1.82, 2.24) is 0 Å². The van der Waals surface area contributed by atoms with Gasteiger partial charge in [-0.2, -0.15) is 0 Å². The molecule has 1 amide bonds. The lowest BCUT2D eigenvalue weighted by Gasteiger charge is -2.07. The zero-order chi connectivity index (χ0) is 19.3. The molecule has 0 aromatic heterocycles. The predicted molar refractivity (Wildman–Crippen MR) is 90.2 cm³/mol. The number of hydrogen-bond acceptors (Lipinski definition) is 9. The van der Waals surface area contributed by atoms with Crippen LogP contribution >= 0.6 is 21.6 Å². The van der Waals surface area contributed by atoms with Gasteiger partial charge in [0.15, 0.2) is 0 Å². The molecule has 0 aromatic rings. The number of nitrogens with two attached hydrogens (primary N) is 4. The fourth-order valence-corrected chi connectivity index (χ4v) is 3.03. The largest absolute Gasteiger partial charge is 0.480 e. The number of carboxylic acid groups (broad SMARTS) is 3. The Balaban J connectivity index is 0. The molecule has 3 atom stereocenters. The highest BCUT2D eigenvalue weighted by Crippen LogP contribution is 2.22. The van der Waals surface area contributed by atoms with Gasteiger partial charge in [-0.3, -0.25) is 19.2 Å². The van der Waals surface area contributed by atoms with Crippen LogP contribution < -0.4 is 22.9 Å². The summed E-state index contributed by atoms with van der Waals surface area (Å²) in [7, 11) is 2.41. The van der Waals surface area contributed by atoms with Crippen LogP contribution in [0.3, 0.4) is 0 Å². The van der Waals surface area contributed by atoms with E-state index in [1.54, 1.807) is 0 Å². The Hall–Kier alpha value is -1.54. The van der Waals surface area contributed by atoms with Gasteiger partial charge in [0.05, 0.1) is 0 Å². The van der Waals surface area contributed by atoms with Crippen LogP contribution in [-0.4, -0.2) is 68.8 Å². The molecule has 0 aromatic carbocycles. The van der Waals surface area contributed by atoms with Crippen molar-refractivity contribution in [2.45, 2.75) is 31.0 Å². The maximum absolute atomic E-state index is 10.3. The Morgan fingerprint density at radius 3 is 1.33 bits per heavy atom. The van der Waals surface area contributed by atoms with Crippen LogP contribution in [0.2, 0.25) is 0 Å². The molecule has 0 aliphatic heterocycles. The van der Waals surface area contributed by atoms with Crippen LogP contribution in [0.15, 0.2) is 0 Å². The highest BCUT2D eigenvalue weighted by molar-refractivity contribution is 8.76. The van der Waals surface area contributed by atoms with Crippen molar-refractivity contribution in [2.24, 2.45) is 22.9 Å². The number of carbonyl (C=O) groups is 4. The molecule has 0 unspecified atom stereocenters. The fraction of sp³-hybridized carbons (Fsp3) is 0.636. The van der Waals surface area contributed by atoms with Crippen LogP contribution in [0, 0.1) is 0 Å². The minimum Gasteiger partial charge on any atom is -0.480 e. The van der Waals surface area contributed by atoms with Gasteiger partial charge >= 0.3 is 17.9 Å². The van der Waals surface area contributed by atoms with Crippen molar-refractivity contribution < 1.29 is 34.5 Å². The van der Waals surface area contributed by atoms with Crippen molar-refractivity contribution >= 4 is 45.4 Å². The molecule has 0 heterocycles. The number of primary amides is 1. The van der Waals surface area contributed by atoms with E-state index in [1.807, 2.05) is 0 Å². The van der Waals surface area contributed by atoms with Crippen molar-refractivity contribution in [3.8, 4) is 0 Å². The molecule has 0 radical (unpaired) electrons. The second-order valence-corrected chi connectivity index (χ2v) is 6.96. The lowest BCUT2D eigenvalue weighted by Crippen LogP contribution is -2.33. The topological polar surface area (TPSA) is 233 Å². The molecule has 0 spiro atoms. The standard InChI is InChI=1S/C6H12N2O4S2.C5H10N2O3/c7-3(5(9)10)1-13-14-2-4(8)6(11)12;6-3(5(9)10)1-2-4(7)8/h3-4H,1-2,7-8H2,(H,9,10)(H,11,12);3H,1-2,6H2,(H2,7,8)(H,9,10)/t3-,4-;3-/m00/s1. The second kappa shape index (κ2) is 13.9. The van der Waals surface area contributed by atoms with E-state index in [1.165, 1.54) is 21.6 Å². The summed E-state index contributed by atoms with van der Waals surface area (Å²) >= 11 is 0. The zero-order valence-corrected chi connectivity index (χ0v) is 14.3. The molecule has 0 bridgehead atoms. The summed E-state index contributed by atoms with van der Waals surface area (Å²) in [6.07, 6.45) is 0.123. The number of aliphatic carboxylic acids is 3. The fourth-order valence-electron chi connectivity index (χ4n) is 0.807. The van der Waals surface area contributed by atoms with E-state index in [0.717, 1.165) is 0 Å². The van der Waals surface area contributed by atoms with Gasteiger partial charge in [-0.1, -0.05) is 21.6 Å². The number of rotatable bonds is 11. The average molecular weight is 386 g/mol. The molecular weight excluding hydrogens is 364 g/mol. The van der Waals surface area contributed by atoms with Crippen LogP contribution in [0.1, 0.15) is 12.8 Å². The molecule has 11 N–H and O–H groups in total. The van der Waals surface area contributed by atoms with Crippen LogP contribution in [-0.2, 0) is 19.2 Å². The van der Waals surface area contributed by atoms with Gasteiger partial charge in [0.2, 0.25) is 5.91 Å². The molecular formula is C11H22N4O7S2. The minimum absolute atomic E-state index is 0.0213. The second-order valence-electron chi connectivity index (χ2n) is 4.41. The van der Waals surface area contributed by atoms with Crippen LogP contribution in [0.25, 0.3) is 0 Å². The first kappa shape index (κ1) is 24.7. The van der Waals surface area contributed by atoms with Gasteiger partial charge in [-0.15, -0.1) is 0 Å². The highest BCUT2D eigenvalue weighted by atomic mass is 33.1. The van der Waals surface area contributed by atoms with E-state index >= 15 is 0 Å². The molecule has 0 aliphatic carbocycles. The van der Waals surface area contributed by atoms with E-state index in [0.29, 0.717) is 0 Å². The third kappa shape index (κ3) is 15.4. The maximum atomic E-state index is 10.3. The molecule has 140 valence electrons. The van der Waals surface area contributed by atoms with E-state index in [2.05, 4.69) is 0 Å². The summed E-state index contributed by atoms with van der Waals surface area (Å²) in [5, 5.41) is 25.0. The smallest absolute Gasteiger partial charge is 0.321 e. The summed E-state index contributed by atoms with van der Waals surface area (Å²) in [5.74, 6) is -3.32. The Morgan fingerprint density at radius 2 is 1.08 bits per heavy atom. The molecule has 0 fully saturated rings. The lowest BCUT2D eigenvalue weighted by molar-refractivity contribution is -0.139. The van der Waals surface area contributed by atoms with Crippen molar-refractivity contribution in [1.29, 1.82) is 0 Å². The number of amides is 1. The van der Waals surface area contributed by atoms with Gasteiger partial charge < -0.3 is 38.3 Å².